The molecule has 2 aromatic rings. The number of hydrogen-bond donors (Lipinski definition) is 2. The Labute approximate surface area is 155 Å². The van der Waals surface area contributed by atoms with Gasteiger partial charge in [0.1, 0.15) is 11.6 Å². The third kappa shape index (κ3) is 3.74. The summed E-state index contributed by atoms with van der Waals surface area (Å²) < 4.78 is 26.6. The third-order valence-electron chi connectivity index (χ3n) is 5.26. The molecule has 27 heavy (non-hydrogen) atoms. The maximum atomic E-state index is 14.3. The second-order valence-electron chi connectivity index (χ2n) is 7.22. The smallest absolute Gasteiger partial charge is 0.303 e. The summed E-state index contributed by atoms with van der Waals surface area (Å²) in [5.41, 5.74) is 1.05. The molecule has 2 N–H and O–H groups in total. The molecule has 4 atom stereocenters. The minimum atomic E-state index is -0.429. The topological polar surface area (TPSA) is 98.0 Å². The zero-order valence-corrected chi connectivity index (χ0v) is 15.1. The number of carbonyl (C=O) groups is 1. The minimum absolute atomic E-state index is 0.0663. The van der Waals surface area contributed by atoms with Gasteiger partial charge in [-0.05, 0) is 31.7 Å². The first-order valence-electron chi connectivity index (χ1n) is 9.25. The average molecular weight is 378 g/mol. The molecular formula is C18H23FN4O4. The van der Waals surface area contributed by atoms with Crippen molar-refractivity contribution >= 4 is 17.4 Å². The van der Waals surface area contributed by atoms with Crippen LogP contribution in [-0.4, -0.2) is 57.1 Å². The van der Waals surface area contributed by atoms with Gasteiger partial charge in [0.25, 0.3) is 0 Å². The number of halogens is 1. The SMILES string of the molecule is CC(=O)O[C@@H]1COCC[C@H]1Nc1ncc2c(F)cc(C3CCC(O)C3)n2n1. The summed E-state index contributed by atoms with van der Waals surface area (Å²) in [5, 5.41) is 17.5. The summed E-state index contributed by atoms with van der Waals surface area (Å²) >= 11 is 0. The summed E-state index contributed by atoms with van der Waals surface area (Å²) in [6, 6.07) is 1.30. The Morgan fingerprint density at radius 1 is 1.44 bits per heavy atom. The molecule has 0 amide bonds. The standard InChI is InChI=1S/C18H23FN4O4/c1-10(24)27-17-9-26-5-4-14(17)21-18-20-8-16-13(19)7-15(23(16)22-18)11-2-3-12(25)6-11/h7-8,11-12,14,17,25H,2-6,9H2,1H3,(H,21,22)/t11?,12?,14-,17-/m1/s1. The first-order chi connectivity index (χ1) is 13.0. The Balaban J connectivity index is 1.59. The lowest BCUT2D eigenvalue weighted by molar-refractivity contribution is -0.153. The summed E-state index contributed by atoms with van der Waals surface area (Å²) in [7, 11) is 0. The van der Waals surface area contributed by atoms with E-state index in [1.165, 1.54) is 19.2 Å². The van der Waals surface area contributed by atoms with Crippen LogP contribution in [0.15, 0.2) is 12.3 Å². The largest absolute Gasteiger partial charge is 0.458 e. The number of ether oxygens (including phenoxy) is 2. The van der Waals surface area contributed by atoms with Crippen LogP contribution in [0.1, 0.15) is 44.2 Å². The summed E-state index contributed by atoms with van der Waals surface area (Å²) in [5.74, 6) is -0.344. The van der Waals surface area contributed by atoms with E-state index >= 15 is 0 Å². The Morgan fingerprint density at radius 2 is 2.30 bits per heavy atom. The molecule has 0 aromatic carbocycles. The lowest BCUT2D eigenvalue weighted by Gasteiger charge is -2.31. The van der Waals surface area contributed by atoms with E-state index in [2.05, 4.69) is 15.4 Å². The molecule has 4 rings (SSSR count). The number of carbonyl (C=O) groups excluding carboxylic acids is 1. The van der Waals surface area contributed by atoms with Crippen molar-refractivity contribution < 1.29 is 23.8 Å². The molecule has 146 valence electrons. The molecule has 1 aliphatic carbocycles. The van der Waals surface area contributed by atoms with Crippen molar-refractivity contribution in [2.45, 2.75) is 56.8 Å². The van der Waals surface area contributed by atoms with Crippen molar-refractivity contribution in [2.75, 3.05) is 18.5 Å². The van der Waals surface area contributed by atoms with Gasteiger partial charge >= 0.3 is 5.97 Å². The van der Waals surface area contributed by atoms with E-state index < -0.39 is 6.10 Å². The van der Waals surface area contributed by atoms with E-state index in [1.54, 1.807) is 4.52 Å². The van der Waals surface area contributed by atoms with Crippen LogP contribution in [0.5, 0.6) is 0 Å². The Kier molecular flexibility index (Phi) is 4.96. The van der Waals surface area contributed by atoms with Gasteiger partial charge in [0.15, 0.2) is 5.82 Å². The molecule has 9 heteroatoms. The van der Waals surface area contributed by atoms with Gasteiger partial charge in [-0.1, -0.05) is 0 Å². The fourth-order valence-corrected chi connectivity index (χ4v) is 3.93. The van der Waals surface area contributed by atoms with Gasteiger partial charge in [-0.2, -0.15) is 0 Å². The van der Waals surface area contributed by atoms with Gasteiger partial charge in [0.05, 0.1) is 24.9 Å². The average Bonchev–Trinajstić information content (AvgIpc) is 3.20. The molecule has 1 aliphatic heterocycles. The minimum Gasteiger partial charge on any atom is -0.458 e. The van der Waals surface area contributed by atoms with Crippen LogP contribution in [-0.2, 0) is 14.3 Å². The van der Waals surface area contributed by atoms with Crippen LogP contribution >= 0.6 is 0 Å². The normalized spacial score (nSPS) is 28.4. The molecule has 1 saturated carbocycles. The first kappa shape index (κ1) is 18.1. The zero-order chi connectivity index (χ0) is 19.0. The molecule has 3 heterocycles. The van der Waals surface area contributed by atoms with Crippen molar-refractivity contribution in [1.29, 1.82) is 0 Å². The Bertz CT molecular complexity index is 842. The highest BCUT2D eigenvalue weighted by atomic mass is 19.1. The van der Waals surface area contributed by atoms with Gasteiger partial charge in [-0.25, -0.2) is 13.9 Å². The van der Waals surface area contributed by atoms with Crippen molar-refractivity contribution in [2.24, 2.45) is 0 Å². The van der Waals surface area contributed by atoms with Gasteiger partial charge in [0, 0.05) is 25.1 Å². The highest BCUT2D eigenvalue weighted by molar-refractivity contribution is 5.66. The molecule has 8 nitrogen and oxygen atoms in total. The number of nitrogens with one attached hydrogen (secondary N) is 1. The van der Waals surface area contributed by atoms with E-state index in [4.69, 9.17) is 9.47 Å². The Morgan fingerprint density at radius 3 is 3.04 bits per heavy atom. The number of aliphatic hydroxyl groups excluding tert-OH is 1. The molecule has 0 bridgehead atoms. The van der Waals surface area contributed by atoms with Crippen LogP contribution in [0.25, 0.3) is 5.52 Å². The number of aromatic nitrogens is 3. The number of anilines is 1. The molecule has 2 fully saturated rings. The van der Waals surface area contributed by atoms with Gasteiger partial charge in [0.2, 0.25) is 5.95 Å². The van der Waals surface area contributed by atoms with E-state index in [9.17, 15) is 14.3 Å². The van der Waals surface area contributed by atoms with Crippen LogP contribution in [0, 0.1) is 5.82 Å². The van der Waals surface area contributed by atoms with Crippen LogP contribution < -0.4 is 5.32 Å². The first-order valence-corrected chi connectivity index (χ1v) is 9.25. The van der Waals surface area contributed by atoms with Crippen molar-refractivity contribution in [3.05, 3.63) is 23.8 Å². The second-order valence-corrected chi connectivity index (χ2v) is 7.22. The summed E-state index contributed by atoms with van der Waals surface area (Å²) in [6.45, 7) is 2.21. The van der Waals surface area contributed by atoms with Crippen LogP contribution in [0.3, 0.4) is 0 Å². The van der Waals surface area contributed by atoms with Crippen molar-refractivity contribution in [3.63, 3.8) is 0 Å². The second kappa shape index (κ2) is 7.40. The number of nitrogens with zero attached hydrogens (tertiary/aromatic N) is 3. The molecule has 2 aromatic heterocycles. The van der Waals surface area contributed by atoms with Crippen LogP contribution in [0.4, 0.5) is 10.3 Å². The molecule has 2 unspecified atom stereocenters. The maximum Gasteiger partial charge on any atom is 0.303 e. The third-order valence-corrected chi connectivity index (χ3v) is 5.26. The highest BCUT2D eigenvalue weighted by Gasteiger charge is 2.30. The predicted molar refractivity (Wildman–Crippen MR) is 93.9 cm³/mol. The fourth-order valence-electron chi connectivity index (χ4n) is 3.93. The van der Waals surface area contributed by atoms with Crippen molar-refractivity contribution in [3.8, 4) is 0 Å². The molecule has 2 aliphatic rings. The number of hydrogen-bond acceptors (Lipinski definition) is 7. The highest BCUT2D eigenvalue weighted by Crippen LogP contribution is 2.35. The lowest BCUT2D eigenvalue weighted by Crippen LogP contribution is -2.44. The predicted octanol–water partition coefficient (Wildman–Crippen LogP) is 1.63. The maximum absolute atomic E-state index is 14.3. The molecule has 0 spiro atoms. The number of fused-ring (bicyclic) bond motifs is 1. The fraction of sp³-hybridized carbons (Fsp3) is 0.611. The molecule has 1 saturated heterocycles. The van der Waals surface area contributed by atoms with E-state index in [0.717, 1.165) is 12.1 Å². The van der Waals surface area contributed by atoms with Crippen LogP contribution in [0.2, 0.25) is 0 Å². The quantitative estimate of drug-likeness (QED) is 0.781. The van der Waals surface area contributed by atoms with Gasteiger partial charge in [-0.15, -0.1) is 5.10 Å². The van der Waals surface area contributed by atoms with E-state index in [-0.39, 0.29) is 29.9 Å². The van der Waals surface area contributed by atoms with Crippen molar-refractivity contribution in [1.82, 2.24) is 14.6 Å². The van der Waals surface area contributed by atoms with Gasteiger partial charge in [-0.3, -0.25) is 4.79 Å². The Hall–Kier alpha value is -2.26. The number of aliphatic hydroxyl groups is 1. The monoisotopic (exact) mass is 378 g/mol. The summed E-state index contributed by atoms with van der Waals surface area (Å²) in [6.07, 6.45) is 3.42. The van der Waals surface area contributed by atoms with E-state index in [1.807, 2.05) is 0 Å². The molecule has 0 radical (unpaired) electrons. The zero-order valence-electron chi connectivity index (χ0n) is 15.1. The molecular weight excluding hydrogens is 355 g/mol. The van der Waals surface area contributed by atoms with Gasteiger partial charge < -0.3 is 19.9 Å². The number of esters is 1. The lowest BCUT2D eigenvalue weighted by atomic mass is 10.0. The number of rotatable bonds is 4. The summed E-state index contributed by atoms with van der Waals surface area (Å²) in [4.78, 5) is 15.5. The van der Waals surface area contributed by atoms with E-state index in [0.29, 0.717) is 43.9 Å².